The Bertz CT molecular complexity index is 1010. The van der Waals surface area contributed by atoms with Crippen LogP contribution in [0.3, 0.4) is 0 Å². The van der Waals surface area contributed by atoms with E-state index in [1.54, 1.807) is 0 Å². The van der Waals surface area contributed by atoms with E-state index in [1.165, 1.54) is 77.0 Å². The first-order chi connectivity index (χ1) is 24.6. The lowest BCUT2D eigenvalue weighted by molar-refractivity contribution is -0.203. The monoisotopic (exact) mass is 738 g/mol. The number of piperidine rings is 1. The normalized spacial score (nSPS) is 17.0. The van der Waals surface area contributed by atoms with Gasteiger partial charge in [-0.05, 0) is 40.5 Å². The molecule has 1 heterocycles. The molecule has 9 heteroatoms. The third-order valence-corrected chi connectivity index (χ3v) is 11.4. The van der Waals surface area contributed by atoms with Gasteiger partial charge in [0.25, 0.3) is 5.41 Å². The molecule has 1 atom stereocenters. The molecule has 0 aliphatic carbocycles. The molecule has 0 amide bonds. The molecule has 4 N–H and O–H groups in total. The van der Waals surface area contributed by atoms with Crippen molar-refractivity contribution in [1.29, 1.82) is 0 Å². The lowest BCUT2D eigenvalue weighted by atomic mass is 9.58. The molecule has 1 saturated heterocycles. The van der Waals surface area contributed by atoms with Crippen LogP contribution in [0.4, 0.5) is 0 Å². The average Bonchev–Trinajstić information content (AvgIpc) is 3.03. The minimum atomic E-state index is -3.27. The van der Waals surface area contributed by atoms with Crippen molar-refractivity contribution in [2.75, 3.05) is 0 Å². The highest BCUT2D eigenvalue weighted by molar-refractivity contribution is 6.20. The SMILES string of the molecule is CCCCCCCCCCCCCCCC(CCCCCCCCCCCCC)(C(=O)O)C(C(=O)O)(C(=O)O)C(=O)OC1CC(C)(C)NC(C)(C)C1. The Labute approximate surface area is 317 Å². The number of carbonyl (C=O) groups is 4. The van der Waals surface area contributed by atoms with E-state index in [0.29, 0.717) is 38.5 Å². The van der Waals surface area contributed by atoms with E-state index in [1.807, 2.05) is 27.7 Å². The Morgan fingerprint density at radius 3 is 1.08 bits per heavy atom. The molecule has 1 aliphatic heterocycles. The van der Waals surface area contributed by atoms with Gasteiger partial charge >= 0.3 is 23.9 Å². The second kappa shape index (κ2) is 25.0. The van der Waals surface area contributed by atoms with Gasteiger partial charge in [-0.1, -0.05) is 168 Å². The lowest BCUT2D eigenvalue weighted by Gasteiger charge is -2.47. The van der Waals surface area contributed by atoms with Crippen molar-refractivity contribution >= 4 is 23.9 Å². The third kappa shape index (κ3) is 16.1. The van der Waals surface area contributed by atoms with Gasteiger partial charge in [-0.25, -0.2) is 0 Å². The second-order valence-electron chi connectivity index (χ2n) is 17.4. The minimum Gasteiger partial charge on any atom is -0.481 e. The van der Waals surface area contributed by atoms with Crippen LogP contribution in [0, 0.1) is 10.8 Å². The fraction of sp³-hybridized carbons (Fsp3) is 0.907. The molecule has 1 rings (SSSR count). The molecule has 0 saturated carbocycles. The van der Waals surface area contributed by atoms with Crippen molar-refractivity contribution in [2.45, 2.75) is 239 Å². The number of hydrogen-bond donors (Lipinski definition) is 4. The number of unbranched alkanes of at least 4 members (excludes halogenated alkanes) is 22. The van der Waals surface area contributed by atoms with Crippen LogP contribution in [0.2, 0.25) is 0 Å². The van der Waals surface area contributed by atoms with Gasteiger partial charge in [0.1, 0.15) is 11.5 Å². The van der Waals surface area contributed by atoms with Crippen LogP contribution in [0.25, 0.3) is 0 Å². The second-order valence-corrected chi connectivity index (χ2v) is 17.4. The zero-order chi connectivity index (χ0) is 39.1. The van der Waals surface area contributed by atoms with Crippen LogP contribution in [0.5, 0.6) is 0 Å². The van der Waals surface area contributed by atoms with E-state index >= 15 is 0 Å². The van der Waals surface area contributed by atoms with Crippen molar-refractivity contribution in [3.63, 3.8) is 0 Å². The molecule has 0 aromatic carbocycles. The van der Waals surface area contributed by atoms with Crippen LogP contribution < -0.4 is 5.32 Å². The Balaban J connectivity index is 3.09. The molecule has 1 aliphatic rings. The Morgan fingerprint density at radius 2 is 0.808 bits per heavy atom. The highest BCUT2D eigenvalue weighted by Gasteiger charge is 2.72. The fourth-order valence-electron chi connectivity index (χ4n) is 8.83. The van der Waals surface area contributed by atoms with Gasteiger partial charge in [0.05, 0.1) is 0 Å². The molecule has 0 radical (unpaired) electrons. The van der Waals surface area contributed by atoms with E-state index in [9.17, 15) is 34.5 Å². The maximum atomic E-state index is 14.2. The Morgan fingerprint density at radius 1 is 0.519 bits per heavy atom. The van der Waals surface area contributed by atoms with Gasteiger partial charge in [0, 0.05) is 23.9 Å². The van der Waals surface area contributed by atoms with Crippen molar-refractivity contribution in [3.8, 4) is 0 Å². The lowest BCUT2D eigenvalue weighted by Crippen LogP contribution is -2.64. The van der Waals surface area contributed by atoms with Gasteiger partial charge in [-0.15, -0.1) is 0 Å². The molecule has 304 valence electrons. The standard InChI is InChI=1S/C43H79NO8/c1-7-9-11-13-15-17-19-20-22-24-26-28-30-32-42(36(45)46,31-29-27-25-23-21-18-16-14-12-10-8-2)43(37(47)48,38(49)50)39(51)52-35-33-40(3,4)44-41(5,6)34-35/h35,44H,7-34H2,1-6H3,(H,45,46)(H,47,48)(H,49,50). The molecule has 9 nitrogen and oxygen atoms in total. The molecule has 1 fully saturated rings. The summed E-state index contributed by atoms with van der Waals surface area (Å²) < 4.78 is 5.83. The topological polar surface area (TPSA) is 150 Å². The zero-order valence-electron chi connectivity index (χ0n) is 34.3. The van der Waals surface area contributed by atoms with Gasteiger partial charge in [-0.2, -0.15) is 0 Å². The molecule has 0 bridgehead atoms. The van der Waals surface area contributed by atoms with Gasteiger partial charge < -0.3 is 25.4 Å². The summed E-state index contributed by atoms with van der Waals surface area (Å²) >= 11 is 0. The number of esters is 1. The van der Waals surface area contributed by atoms with E-state index in [4.69, 9.17) is 4.74 Å². The highest BCUT2D eigenvalue weighted by Crippen LogP contribution is 2.50. The smallest absolute Gasteiger partial charge is 0.336 e. The molecule has 0 aromatic heterocycles. The Hall–Kier alpha value is -2.16. The van der Waals surface area contributed by atoms with Crippen molar-refractivity contribution in [2.24, 2.45) is 10.8 Å². The Kier molecular flexibility index (Phi) is 23.0. The summed E-state index contributed by atoms with van der Waals surface area (Å²) in [6.07, 6.45) is 24.7. The van der Waals surface area contributed by atoms with E-state index in [0.717, 1.165) is 51.4 Å². The van der Waals surface area contributed by atoms with Gasteiger partial charge in [0.2, 0.25) is 0 Å². The average molecular weight is 738 g/mol. The van der Waals surface area contributed by atoms with Crippen molar-refractivity contribution in [3.05, 3.63) is 0 Å². The summed E-state index contributed by atoms with van der Waals surface area (Å²) in [5.74, 6) is -6.94. The summed E-state index contributed by atoms with van der Waals surface area (Å²) in [6, 6.07) is 0. The number of carbonyl (C=O) groups excluding carboxylic acids is 1. The minimum absolute atomic E-state index is 0.214. The number of carboxylic acid groups (broad SMARTS) is 3. The van der Waals surface area contributed by atoms with Crippen LogP contribution in [-0.4, -0.2) is 56.4 Å². The summed E-state index contributed by atoms with van der Waals surface area (Å²) in [5.41, 5.74) is -6.55. The van der Waals surface area contributed by atoms with Crippen LogP contribution in [0.15, 0.2) is 0 Å². The number of hydrogen-bond acceptors (Lipinski definition) is 6. The van der Waals surface area contributed by atoms with E-state index in [2.05, 4.69) is 19.2 Å². The fourth-order valence-corrected chi connectivity index (χ4v) is 8.83. The summed E-state index contributed by atoms with van der Waals surface area (Å²) in [5, 5.41) is 35.8. The predicted octanol–water partition coefficient (Wildman–Crippen LogP) is 11.2. The molecule has 52 heavy (non-hydrogen) atoms. The van der Waals surface area contributed by atoms with E-state index < -0.39 is 51.9 Å². The summed E-state index contributed by atoms with van der Waals surface area (Å²) in [6.45, 7) is 12.2. The third-order valence-electron chi connectivity index (χ3n) is 11.4. The molecule has 0 spiro atoms. The number of carboxylic acids is 3. The number of rotatable bonds is 32. The van der Waals surface area contributed by atoms with Crippen molar-refractivity contribution < 1.29 is 39.2 Å². The van der Waals surface area contributed by atoms with E-state index in [-0.39, 0.29) is 12.8 Å². The van der Waals surface area contributed by atoms with Gasteiger partial charge in [-0.3, -0.25) is 19.2 Å². The van der Waals surface area contributed by atoms with Crippen molar-refractivity contribution in [1.82, 2.24) is 5.32 Å². The maximum Gasteiger partial charge on any atom is 0.336 e. The maximum absolute atomic E-state index is 14.2. The molecule has 1 unspecified atom stereocenters. The molecule has 0 aromatic rings. The zero-order valence-corrected chi connectivity index (χ0v) is 34.3. The molecular weight excluding hydrogens is 658 g/mol. The largest absolute Gasteiger partial charge is 0.481 e. The first-order valence-corrected chi connectivity index (χ1v) is 21.3. The first-order valence-electron chi connectivity index (χ1n) is 21.3. The quantitative estimate of drug-likeness (QED) is 0.0300. The molecular formula is C43H79NO8. The van der Waals surface area contributed by atoms with Crippen LogP contribution in [-0.2, 0) is 23.9 Å². The van der Waals surface area contributed by atoms with Crippen LogP contribution in [0.1, 0.15) is 221 Å². The predicted molar refractivity (Wildman–Crippen MR) is 210 cm³/mol. The number of nitrogens with one attached hydrogen (secondary N) is 1. The van der Waals surface area contributed by atoms with Crippen LogP contribution >= 0.6 is 0 Å². The van der Waals surface area contributed by atoms with Gasteiger partial charge in [0.15, 0.2) is 0 Å². The first kappa shape index (κ1) is 47.9. The summed E-state index contributed by atoms with van der Waals surface area (Å²) in [4.78, 5) is 54.0. The summed E-state index contributed by atoms with van der Waals surface area (Å²) in [7, 11) is 0. The number of aliphatic carboxylic acids is 3. The number of ether oxygens (including phenoxy) is 1. The highest BCUT2D eigenvalue weighted by atomic mass is 16.6.